The van der Waals surface area contributed by atoms with E-state index in [0.717, 1.165) is 6.07 Å². The molecule has 1 aromatic heterocycles. The summed E-state index contributed by atoms with van der Waals surface area (Å²) in [5.74, 6) is 0. The van der Waals surface area contributed by atoms with Crippen molar-refractivity contribution in [3.05, 3.63) is 47.8 Å². The van der Waals surface area contributed by atoms with Crippen molar-refractivity contribution in [3.63, 3.8) is 0 Å². The second-order valence-electron chi connectivity index (χ2n) is 3.99. The molecule has 0 amide bonds. The Morgan fingerprint density at radius 1 is 1.11 bits per heavy atom. The van der Waals surface area contributed by atoms with Gasteiger partial charge in [0.15, 0.2) is 0 Å². The number of aromatic nitrogens is 1. The van der Waals surface area contributed by atoms with E-state index in [1.165, 1.54) is 18.3 Å². The number of benzene rings is 1. The van der Waals surface area contributed by atoms with Gasteiger partial charge in [-0.3, -0.25) is 4.98 Å². The van der Waals surface area contributed by atoms with Gasteiger partial charge in [0.05, 0.1) is 5.56 Å². The number of aryl methyl sites for hydroxylation is 1. The van der Waals surface area contributed by atoms with Crippen molar-refractivity contribution in [3.8, 4) is 11.1 Å². The molecule has 0 atom stereocenters. The van der Waals surface area contributed by atoms with Gasteiger partial charge in [-0.25, -0.2) is 0 Å². The Labute approximate surface area is 102 Å². The van der Waals surface area contributed by atoms with Crippen molar-refractivity contribution in [1.82, 2.24) is 4.98 Å². The molecule has 2 rings (SSSR count). The van der Waals surface area contributed by atoms with Crippen LogP contribution in [-0.2, 0) is 6.18 Å². The fourth-order valence-corrected chi connectivity index (χ4v) is 1.76. The van der Waals surface area contributed by atoms with Gasteiger partial charge in [0.1, 0.15) is 0 Å². The summed E-state index contributed by atoms with van der Waals surface area (Å²) in [6, 6.07) is 6.95. The summed E-state index contributed by atoms with van der Waals surface area (Å²) in [7, 11) is 0. The van der Waals surface area contributed by atoms with Crippen LogP contribution in [0.25, 0.3) is 11.1 Å². The van der Waals surface area contributed by atoms with E-state index in [9.17, 15) is 13.2 Å². The Hall–Kier alpha value is -2.04. The molecule has 0 spiro atoms. The van der Waals surface area contributed by atoms with Crippen LogP contribution in [-0.4, -0.2) is 4.98 Å². The largest absolute Gasteiger partial charge is 0.417 e. The summed E-state index contributed by atoms with van der Waals surface area (Å²) in [5.41, 5.74) is 6.04. The highest BCUT2D eigenvalue weighted by atomic mass is 19.4. The van der Waals surface area contributed by atoms with E-state index in [1.54, 1.807) is 19.1 Å². The first kappa shape index (κ1) is 12.4. The van der Waals surface area contributed by atoms with Gasteiger partial charge < -0.3 is 5.73 Å². The highest BCUT2D eigenvalue weighted by molar-refractivity contribution is 5.70. The highest BCUT2D eigenvalue weighted by Gasteiger charge is 2.33. The van der Waals surface area contributed by atoms with Crippen LogP contribution in [0.2, 0.25) is 0 Å². The van der Waals surface area contributed by atoms with Crippen LogP contribution in [0.15, 0.2) is 36.5 Å². The van der Waals surface area contributed by atoms with Crippen LogP contribution in [0.3, 0.4) is 0 Å². The molecule has 18 heavy (non-hydrogen) atoms. The Morgan fingerprint density at radius 2 is 1.83 bits per heavy atom. The zero-order chi connectivity index (χ0) is 13.3. The summed E-state index contributed by atoms with van der Waals surface area (Å²) in [5, 5.41) is 0. The molecular formula is C13H11F3N2. The molecule has 2 nitrogen and oxygen atoms in total. The van der Waals surface area contributed by atoms with Crippen LogP contribution in [0.1, 0.15) is 11.3 Å². The minimum Gasteiger partial charge on any atom is -0.399 e. The SMILES string of the molecule is Cc1cc(-c2ccc(N)cc2C(F)(F)F)ccn1. The number of alkyl halides is 3. The number of hydrogen-bond donors (Lipinski definition) is 1. The van der Waals surface area contributed by atoms with Gasteiger partial charge in [-0.15, -0.1) is 0 Å². The number of halogens is 3. The van der Waals surface area contributed by atoms with Crippen molar-refractivity contribution in [2.24, 2.45) is 0 Å². The molecule has 2 aromatic rings. The second kappa shape index (κ2) is 4.33. The lowest BCUT2D eigenvalue weighted by atomic mass is 9.99. The van der Waals surface area contributed by atoms with Gasteiger partial charge in [-0.1, -0.05) is 6.07 Å². The normalized spacial score (nSPS) is 11.6. The summed E-state index contributed by atoms with van der Waals surface area (Å²) in [6.07, 6.45) is -2.94. The number of anilines is 1. The first-order valence-electron chi connectivity index (χ1n) is 5.27. The van der Waals surface area contributed by atoms with Gasteiger partial charge in [0.2, 0.25) is 0 Å². The van der Waals surface area contributed by atoms with Crippen molar-refractivity contribution in [2.75, 3.05) is 5.73 Å². The van der Waals surface area contributed by atoms with Crippen molar-refractivity contribution in [2.45, 2.75) is 13.1 Å². The van der Waals surface area contributed by atoms with E-state index in [2.05, 4.69) is 4.98 Å². The molecule has 0 fully saturated rings. The zero-order valence-electron chi connectivity index (χ0n) is 9.62. The summed E-state index contributed by atoms with van der Waals surface area (Å²) >= 11 is 0. The quantitative estimate of drug-likeness (QED) is 0.786. The number of nitrogens with two attached hydrogens (primary N) is 1. The lowest BCUT2D eigenvalue weighted by Gasteiger charge is -2.14. The van der Waals surface area contributed by atoms with E-state index in [-0.39, 0.29) is 11.3 Å². The van der Waals surface area contributed by atoms with Crippen molar-refractivity contribution < 1.29 is 13.2 Å². The number of nitrogen functional groups attached to an aromatic ring is 1. The molecule has 94 valence electrons. The van der Waals surface area contributed by atoms with E-state index >= 15 is 0 Å². The zero-order valence-corrected chi connectivity index (χ0v) is 9.62. The molecule has 0 radical (unpaired) electrons. The highest BCUT2D eigenvalue weighted by Crippen LogP contribution is 2.38. The predicted molar refractivity (Wildman–Crippen MR) is 63.8 cm³/mol. The van der Waals surface area contributed by atoms with Crippen LogP contribution >= 0.6 is 0 Å². The van der Waals surface area contributed by atoms with Gasteiger partial charge in [-0.05, 0) is 42.3 Å². The Morgan fingerprint density at radius 3 is 2.44 bits per heavy atom. The third-order valence-electron chi connectivity index (χ3n) is 2.56. The van der Waals surface area contributed by atoms with E-state index in [4.69, 9.17) is 5.73 Å². The van der Waals surface area contributed by atoms with Gasteiger partial charge >= 0.3 is 6.18 Å². The monoisotopic (exact) mass is 252 g/mol. The minimum atomic E-state index is -4.43. The number of nitrogens with zero attached hydrogens (tertiary/aromatic N) is 1. The topological polar surface area (TPSA) is 38.9 Å². The first-order chi connectivity index (χ1) is 8.38. The van der Waals surface area contributed by atoms with E-state index in [1.807, 2.05) is 0 Å². The number of hydrogen-bond acceptors (Lipinski definition) is 2. The molecule has 0 aliphatic rings. The molecule has 0 saturated carbocycles. The standard InChI is InChI=1S/C13H11F3N2/c1-8-6-9(4-5-18-8)11-3-2-10(17)7-12(11)13(14,15)16/h2-7H,17H2,1H3. The molecule has 0 bridgehead atoms. The molecule has 2 N–H and O–H groups in total. The van der Waals surface area contributed by atoms with Gasteiger partial charge in [-0.2, -0.15) is 13.2 Å². The van der Waals surface area contributed by atoms with E-state index in [0.29, 0.717) is 11.3 Å². The lowest BCUT2D eigenvalue weighted by Crippen LogP contribution is -2.08. The average Bonchev–Trinajstić information content (AvgIpc) is 2.27. The third kappa shape index (κ3) is 2.45. The van der Waals surface area contributed by atoms with Crippen molar-refractivity contribution >= 4 is 5.69 Å². The maximum Gasteiger partial charge on any atom is 0.417 e. The smallest absolute Gasteiger partial charge is 0.399 e. The molecule has 0 unspecified atom stereocenters. The Kier molecular flexibility index (Phi) is 2.98. The first-order valence-corrected chi connectivity index (χ1v) is 5.27. The average molecular weight is 252 g/mol. The maximum absolute atomic E-state index is 12.9. The minimum absolute atomic E-state index is 0.0943. The molecule has 5 heteroatoms. The van der Waals surface area contributed by atoms with E-state index < -0.39 is 11.7 Å². The molecule has 1 heterocycles. The fraction of sp³-hybridized carbons (Fsp3) is 0.154. The number of pyridine rings is 1. The summed E-state index contributed by atoms with van der Waals surface area (Å²) in [4.78, 5) is 3.97. The molecular weight excluding hydrogens is 241 g/mol. The maximum atomic E-state index is 12.9. The molecule has 0 saturated heterocycles. The van der Waals surface area contributed by atoms with Crippen LogP contribution in [0.4, 0.5) is 18.9 Å². The lowest BCUT2D eigenvalue weighted by molar-refractivity contribution is -0.137. The third-order valence-corrected chi connectivity index (χ3v) is 2.56. The Bertz CT molecular complexity index is 577. The van der Waals surface area contributed by atoms with Crippen molar-refractivity contribution in [1.29, 1.82) is 0 Å². The van der Waals surface area contributed by atoms with Crippen LogP contribution < -0.4 is 5.73 Å². The molecule has 1 aromatic carbocycles. The molecule has 0 aliphatic carbocycles. The van der Waals surface area contributed by atoms with Gasteiger partial charge in [0.25, 0.3) is 0 Å². The second-order valence-corrected chi connectivity index (χ2v) is 3.99. The fourth-order valence-electron chi connectivity index (χ4n) is 1.76. The predicted octanol–water partition coefficient (Wildman–Crippen LogP) is 3.66. The number of rotatable bonds is 1. The molecule has 0 aliphatic heterocycles. The van der Waals surface area contributed by atoms with Crippen LogP contribution in [0, 0.1) is 6.92 Å². The van der Waals surface area contributed by atoms with Gasteiger partial charge in [0, 0.05) is 17.6 Å². The van der Waals surface area contributed by atoms with Crippen LogP contribution in [0.5, 0.6) is 0 Å². The Balaban J connectivity index is 2.64. The summed E-state index contributed by atoms with van der Waals surface area (Å²) in [6.45, 7) is 1.73. The summed E-state index contributed by atoms with van der Waals surface area (Å²) < 4.78 is 38.8.